The Kier molecular flexibility index (Phi) is 9.31. The molecule has 3 saturated heterocycles. The predicted molar refractivity (Wildman–Crippen MR) is 205 cm³/mol. The maximum atomic E-state index is 12.8. The molecule has 1 unspecified atom stereocenters. The smallest absolute Gasteiger partial charge is 0.293 e. The number of pyridine rings is 1. The van der Waals surface area contributed by atoms with E-state index in [1.165, 1.54) is 11.6 Å². The number of fused-ring (bicyclic) bond motifs is 2. The molecular weight excluding hydrogens is 714 g/mol. The second-order valence-corrected chi connectivity index (χ2v) is 14.3. The average molecular weight is 754 g/mol. The number of aromatic nitrogens is 5. The highest BCUT2D eigenvalue weighted by Gasteiger charge is 2.35. The molecule has 6 heterocycles. The lowest BCUT2D eigenvalue weighted by atomic mass is 9.92. The minimum absolute atomic E-state index is 0.0788. The van der Waals surface area contributed by atoms with Crippen LogP contribution in [0.2, 0.25) is 5.02 Å². The zero-order valence-corrected chi connectivity index (χ0v) is 30.9. The topological polar surface area (TPSA) is 172 Å². The number of amides is 3. The van der Waals surface area contributed by atoms with E-state index in [0.29, 0.717) is 46.9 Å². The molecule has 3 aliphatic rings. The Morgan fingerprint density at radius 2 is 1.80 bits per heavy atom. The zero-order chi connectivity index (χ0) is 37.7. The Balaban J connectivity index is 0.887. The van der Waals surface area contributed by atoms with Gasteiger partial charge < -0.3 is 29.7 Å². The van der Waals surface area contributed by atoms with Crippen LogP contribution in [-0.2, 0) is 28.5 Å². The van der Waals surface area contributed by atoms with E-state index in [1.807, 2.05) is 36.0 Å². The Hall–Kier alpha value is -5.74. The number of likely N-dealkylation sites (N-methyl/N-ethyl adjacent to an activating group) is 1. The highest BCUT2D eigenvalue weighted by Crippen LogP contribution is 2.34. The summed E-state index contributed by atoms with van der Waals surface area (Å²) in [5.41, 5.74) is 3.88. The van der Waals surface area contributed by atoms with E-state index in [9.17, 15) is 19.2 Å². The molecule has 1 atom stereocenters. The van der Waals surface area contributed by atoms with E-state index in [0.717, 1.165) is 66.9 Å². The minimum atomic E-state index is -0.424. The first-order valence-corrected chi connectivity index (χ1v) is 18.2. The lowest BCUT2D eigenvalue weighted by Crippen LogP contribution is -2.63. The lowest BCUT2D eigenvalue weighted by molar-refractivity contribution is -0.134. The molecule has 3 aromatic heterocycles. The maximum absolute atomic E-state index is 12.8. The van der Waals surface area contributed by atoms with Crippen LogP contribution in [0.3, 0.4) is 0 Å². The van der Waals surface area contributed by atoms with Gasteiger partial charge in [-0.05, 0) is 48.9 Å². The van der Waals surface area contributed by atoms with E-state index in [-0.39, 0.29) is 35.6 Å². The minimum Gasteiger partial charge on any atom is -0.478 e. The highest BCUT2D eigenvalue weighted by molar-refractivity contribution is 6.33. The van der Waals surface area contributed by atoms with Crippen LogP contribution in [0.15, 0.2) is 53.5 Å². The van der Waals surface area contributed by atoms with E-state index in [4.69, 9.17) is 21.3 Å². The van der Waals surface area contributed by atoms with E-state index in [1.54, 1.807) is 19.3 Å². The van der Waals surface area contributed by atoms with Crippen molar-refractivity contribution in [2.75, 3.05) is 68.0 Å². The van der Waals surface area contributed by atoms with Crippen LogP contribution < -0.4 is 36.0 Å². The Morgan fingerprint density at radius 1 is 1.00 bits per heavy atom. The highest BCUT2D eigenvalue weighted by atomic mass is 35.5. The van der Waals surface area contributed by atoms with E-state index >= 15 is 0 Å². The van der Waals surface area contributed by atoms with Gasteiger partial charge >= 0.3 is 0 Å². The van der Waals surface area contributed by atoms with Crippen LogP contribution in [0.1, 0.15) is 24.5 Å². The molecule has 54 heavy (non-hydrogen) atoms. The van der Waals surface area contributed by atoms with Gasteiger partial charge in [-0.1, -0.05) is 11.6 Å². The molecule has 0 bridgehead atoms. The number of benzene rings is 2. The van der Waals surface area contributed by atoms with Crippen LogP contribution in [0, 0.1) is 0 Å². The summed E-state index contributed by atoms with van der Waals surface area (Å²) in [5.74, 6) is -0.132. The number of ether oxygens (including phenoxy) is 1. The fourth-order valence-corrected chi connectivity index (χ4v) is 7.59. The number of halogens is 1. The number of piperazine rings is 1. The van der Waals surface area contributed by atoms with Gasteiger partial charge in [-0.3, -0.25) is 34.1 Å². The molecule has 0 radical (unpaired) electrons. The molecule has 3 amide bonds. The molecule has 8 rings (SSSR count). The molecule has 3 fully saturated rings. The second-order valence-electron chi connectivity index (χ2n) is 13.9. The first-order valence-electron chi connectivity index (χ1n) is 17.9. The summed E-state index contributed by atoms with van der Waals surface area (Å²) >= 11 is 6.55. The van der Waals surface area contributed by atoms with E-state index < -0.39 is 5.92 Å². The third-order valence-corrected chi connectivity index (χ3v) is 10.9. The fraction of sp³-hybridized carbons (Fsp3) is 0.378. The van der Waals surface area contributed by atoms with Gasteiger partial charge in [0.25, 0.3) is 11.5 Å². The SMILES string of the molecule is CNC(=O)COc1cc2cc(Nc3nc(N4CCN(C5CN(c6ccc7c(C8CCC(=O)NC8=O)nn(C)c7c6)C5)CC4)ncc3Cl)ccc2n(C)c1=O. The zero-order valence-electron chi connectivity index (χ0n) is 30.1. The molecule has 280 valence electrons. The monoisotopic (exact) mass is 753 g/mol. The number of anilines is 4. The summed E-state index contributed by atoms with van der Waals surface area (Å²) < 4.78 is 8.81. The van der Waals surface area contributed by atoms with Gasteiger partial charge in [0.1, 0.15) is 5.02 Å². The normalized spacial score (nSPS) is 18.2. The molecule has 16 nitrogen and oxygen atoms in total. The molecule has 0 aliphatic carbocycles. The van der Waals surface area contributed by atoms with Crippen LogP contribution >= 0.6 is 11.6 Å². The summed E-state index contributed by atoms with van der Waals surface area (Å²) in [4.78, 5) is 65.0. The van der Waals surface area contributed by atoms with Crippen molar-refractivity contribution in [3.63, 3.8) is 0 Å². The molecule has 0 spiro atoms. The van der Waals surface area contributed by atoms with Gasteiger partial charge in [0.15, 0.2) is 18.2 Å². The summed E-state index contributed by atoms with van der Waals surface area (Å²) in [6, 6.07) is 13.9. The third-order valence-electron chi connectivity index (χ3n) is 10.6. The lowest BCUT2D eigenvalue weighted by Gasteiger charge is -2.49. The summed E-state index contributed by atoms with van der Waals surface area (Å²) in [7, 11) is 5.05. The van der Waals surface area contributed by atoms with Crippen molar-refractivity contribution in [1.82, 2.24) is 39.8 Å². The maximum Gasteiger partial charge on any atom is 0.293 e. The van der Waals surface area contributed by atoms with Gasteiger partial charge in [-0.25, -0.2) is 4.98 Å². The summed E-state index contributed by atoms with van der Waals surface area (Å²) in [5, 5.41) is 15.0. The van der Waals surface area contributed by atoms with Gasteiger partial charge in [0.05, 0.1) is 28.8 Å². The van der Waals surface area contributed by atoms with Crippen molar-refractivity contribution < 1.29 is 19.1 Å². The number of aryl methyl sites for hydroxylation is 2. The number of imide groups is 1. The largest absolute Gasteiger partial charge is 0.478 e. The number of nitrogens with zero attached hydrogens (tertiary/aromatic N) is 8. The molecule has 2 aromatic carbocycles. The number of rotatable bonds is 9. The predicted octanol–water partition coefficient (Wildman–Crippen LogP) is 2.27. The summed E-state index contributed by atoms with van der Waals surface area (Å²) in [6.45, 7) is 4.85. The molecule has 5 aromatic rings. The van der Waals surface area contributed by atoms with Crippen LogP contribution in [0.5, 0.6) is 5.75 Å². The summed E-state index contributed by atoms with van der Waals surface area (Å²) in [6.07, 6.45) is 2.39. The first-order chi connectivity index (χ1) is 26.1. The third kappa shape index (κ3) is 6.66. The van der Waals surface area contributed by atoms with Gasteiger partial charge in [0, 0.05) is 95.0 Å². The standard InChI is InChI=1S/C37H40ClN11O5/c1-39-32(51)20-54-30-15-21-14-22(4-8-28(21)45(2)36(30)53)41-34-27(38)17-40-37(43-34)48-12-10-47(11-13-48)24-18-49(19-24)23-5-6-25-29(16-23)46(3)44-33(25)26-7-9-31(50)42-35(26)52/h4-6,8,14-17,24,26H,7,9-13,18-20H2,1-3H3,(H,39,51)(H,40,41,43)(H,42,50,52). The average Bonchev–Trinajstić information content (AvgIpc) is 3.47. The first kappa shape index (κ1) is 35.3. The van der Waals surface area contributed by atoms with Crippen LogP contribution in [0.25, 0.3) is 21.8 Å². The van der Waals surface area contributed by atoms with Gasteiger partial charge in [-0.2, -0.15) is 10.1 Å². The Labute approximate surface area is 315 Å². The molecular formula is C37H40ClN11O5. The van der Waals surface area contributed by atoms with Crippen molar-refractivity contribution in [3.8, 4) is 5.75 Å². The van der Waals surface area contributed by atoms with Crippen molar-refractivity contribution in [2.24, 2.45) is 14.1 Å². The molecule has 3 N–H and O–H groups in total. The van der Waals surface area contributed by atoms with Crippen molar-refractivity contribution in [2.45, 2.75) is 24.8 Å². The fourth-order valence-electron chi connectivity index (χ4n) is 7.45. The quantitative estimate of drug-likeness (QED) is 0.188. The van der Waals surface area contributed by atoms with E-state index in [2.05, 4.69) is 52.9 Å². The van der Waals surface area contributed by atoms with Gasteiger partial charge in [-0.15, -0.1) is 0 Å². The second kappa shape index (κ2) is 14.2. The van der Waals surface area contributed by atoms with Crippen LogP contribution in [-0.4, -0.2) is 106 Å². The molecule has 3 aliphatic heterocycles. The van der Waals surface area contributed by atoms with Crippen molar-refractivity contribution in [1.29, 1.82) is 0 Å². The molecule has 17 heteroatoms. The number of nitrogens with one attached hydrogen (secondary N) is 3. The number of piperidine rings is 1. The van der Waals surface area contributed by atoms with Crippen LogP contribution in [0.4, 0.5) is 23.1 Å². The van der Waals surface area contributed by atoms with Crippen molar-refractivity contribution >= 4 is 74.3 Å². The Bertz CT molecular complexity index is 2360. The number of hydrogen-bond acceptors (Lipinski definition) is 12. The number of carbonyl (C=O) groups excluding carboxylic acids is 3. The van der Waals surface area contributed by atoms with Gasteiger partial charge in [0.2, 0.25) is 17.8 Å². The number of carbonyl (C=O) groups is 3. The Morgan fingerprint density at radius 3 is 2.56 bits per heavy atom. The number of hydrogen-bond donors (Lipinski definition) is 3. The molecule has 0 saturated carbocycles. The van der Waals surface area contributed by atoms with Crippen molar-refractivity contribution in [3.05, 3.63) is 69.7 Å².